The molecule has 0 saturated carbocycles. The SMILES string of the molecule is CCCCCCCCC(C(=O)O)N(CCN)CCCCCCCC. The first-order valence-corrected chi connectivity index (χ1v) is 10.3. The van der Waals surface area contributed by atoms with Gasteiger partial charge >= 0.3 is 5.97 Å². The highest BCUT2D eigenvalue weighted by Crippen LogP contribution is 2.14. The molecular weight excluding hydrogens is 300 g/mol. The Hall–Kier alpha value is -0.610. The van der Waals surface area contributed by atoms with E-state index in [1.165, 1.54) is 57.8 Å². The first-order valence-electron chi connectivity index (χ1n) is 10.3. The Morgan fingerprint density at radius 2 is 1.33 bits per heavy atom. The van der Waals surface area contributed by atoms with Crippen LogP contribution in [0.25, 0.3) is 0 Å². The molecule has 144 valence electrons. The molecule has 0 aliphatic carbocycles. The van der Waals surface area contributed by atoms with E-state index in [2.05, 4.69) is 18.7 Å². The Bertz CT molecular complexity index is 285. The van der Waals surface area contributed by atoms with Gasteiger partial charge in [-0.25, -0.2) is 0 Å². The van der Waals surface area contributed by atoms with Crippen molar-refractivity contribution in [2.24, 2.45) is 5.73 Å². The lowest BCUT2D eigenvalue weighted by atomic mass is 10.0. The zero-order valence-corrected chi connectivity index (χ0v) is 16.3. The summed E-state index contributed by atoms with van der Waals surface area (Å²) in [6.45, 7) is 6.55. The third-order valence-electron chi connectivity index (χ3n) is 4.77. The van der Waals surface area contributed by atoms with E-state index < -0.39 is 5.97 Å². The smallest absolute Gasteiger partial charge is 0.320 e. The first-order chi connectivity index (χ1) is 11.7. The van der Waals surface area contributed by atoms with Crippen molar-refractivity contribution in [2.45, 2.75) is 103 Å². The molecule has 0 radical (unpaired) electrons. The molecule has 24 heavy (non-hydrogen) atoms. The van der Waals surface area contributed by atoms with Crippen LogP contribution in [0.5, 0.6) is 0 Å². The minimum absolute atomic E-state index is 0.352. The number of hydrogen-bond donors (Lipinski definition) is 2. The lowest BCUT2D eigenvalue weighted by molar-refractivity contribution is -0.143. The Morgan fingerprint density at radius 3 is 1.83 bits per heavy atom. The normalized spacial score (nSPS) is 12.7. The van der Waals surface area contributed by atoms with E-state index in [-0.39, 0.29) is 6.04 Å². The molecule has 0 saturated heterocycles. The number of carboxylic acids is 1. The van der Waals surface area contributed by atoms with Crippen LogP contribution in [0.4, 0.5) is 0 Å². The van der Waals surface area contributed by atoms with Gasteiger partial charge in [-0.05, 0) is 19.4 Å². The summed E-state index contributed by atoms with van der Waals surface area (Å²) in [4.78, 5) is 13.8. The number of nitrogens with zero attached hydrogens (tertiary/aromatic N) is 1. The van der Waals surface area contributed by atoms with Gasteiger partial charge in [-0.2, -0.15) is 0 Å². The van der Waals surface area contributed by atoms with Crippen molar-refractivity contribution >= 4 is 5.97 Å². The van der Waals surface area contributed by atoms with Crippen LogP contribution in [-0.4, -0.2) is 41.7 Å². The quantitative estimate of drug-likeness (QED) is 0.351. The van der Waals surface area contributed by atoms with Crippen molar-refractivity contribution in [3.63, 3.8) is 0 Å². The van der Waals surface area contributed by atoms with E-state index in [9.17, 15) is 9.90 Å². The Kier molecular flexibility index (Phi) is 16.8. The van der Waals surface area contributed by atoms with Gasteiger partial charge < -0.3 is 10.8 Å². The van der Waals surface area contributed by atoms with Crippen LogP contribution in [0.2, 0.25) is 0 Å². The van der Waals surface area contributed by atoms with Crippen LogP contribution < -0.4 is 5.73 Å². The van der Waals surface area contributed by atoms with Gasteiger partial charge in [0.25, 0.3) is 0 Å². The second-order valence-corrected chi connectivity index (χ2v) is 7.00. The standard InChI is InChI=1S/C20H42N2O2/c1-3-5-7-9-11-13-15-19(20(23)24)22(18-16-21)17-14-12-10-8-6-4-2/h19H,3-18,21H2,1-2H3,(H,23,24). The summed E-state index contributed by atoms with van der Waals surface area (Å²) in [7, 11) is 0. The lowest BCUT2D eigenvalue weighted by Gasteiger charge is -2.28. The van der Waals surface area contributed by atoms with Gasteiger partial charge in [0.2, 0.25) is 0 Å². The molecule has 0 heterocycles. The van der Waals surface area contributed by atoms with Gasteiger partial charge in [-0.15, -0.1) is 0 Å². The Morgan fingerprint density at radius 1 is 0.833 bits per heavy atom. The molecule has 0 aliphatic heterocycles. The summed E-state index contributed by atoms with van der Waals surface area (Å²) in [5.41, 5.74) is 5.71. The fraction of sp³-hybridized carbons (Fsp3) is 0.950. The fourth-order valence-corrected chi connectivity index (χ4v) is 3.26. The molecule has 0 rings (SSSR count). The van der Waals surface area contributed by atoms with Crippen LogP contribution in [0, 0.1) is 0 Å². The molecule has 0 aromatic carbocycles. The van der Waals surface area contributed by atoms with Crippen molar-refractivity contribution in [2.75, 3.05) is 19.6 Å². The van der Waals surface area contributed by atoms with E-state index in [4.69, 9.17) is 5.73 Å². The van der Waals surface area contributed by atoms with E-state index in [0.29, 0.717) is 13.1 Å². The van der Waals surface area contributed by atoms with Crippen molar-refractivity contribution in [3.05, 3.63) is 0 Å². The van der Waals surface area contributed by atoms with Crippen LogP contribution in [0.1, 0.15) is 97.3 Å². The average Bonchev–Trinajstić information content (AvgIpc) is 2.56. The maximum absolute atomic E-state index is 11.7. The average molecular weight is 343 g/mol. The van der Waals surface area contributed by atoms with Crippen LogP contribution in [-0.2, 0) is 4.79 Å². The summed E-state index contributed by atoms with van der Waals surface area (Å²) in [6, 6.07) is -0.352. The van der Waals surface area contributed by atoms with Crippen molar-refractivity contribution in [1.29, 1.82) is 0 Å². The number of carboxylic acid groups (broad SMARTS) is 1. The Labute approximate surface area is 150 Å². The number of nitrogens with two attached hydrogens (primary N) is 1. The minimum Gasteiger partial charge on any atom is -0.480 e. The molecule has 0 aliphatic rings. The highest BCUT2D eigenvalue weighted by molar-refractivity contribution is 5.73. The van der Waals surface area contributed by atoms with E-state index in [0.717, 1.165) is 32.2 Å². The summed E-state index contributed by atoms with van der Waals surface area (Å²) in [5.74, 6) is -0.678. The van der Waals surface area contributed by atoms with Gasteiger partial charge in [0, 0.05) is 13.1 Å². The third-order valence-corrected chi connectivity index (χ3v) is 4.77. The molecule has 0 amide bonds. The number of rotatable bonds is 18. The molecule has 4 nitrogen and oxygen atoms in total. The number of unbranched alkanes of at least 4 members (excludes halogenated alkanes) is 10. The van der Waals surface area contributed by atoms with Gasteiger partial charge in [-0.3, -0.25) is 9.69 Å². The van der Waals surface area contributed by atoms with Crippen LogP contribution in [0.15, 0.2) is 0 Å². The Balaban J connectivity index is 4.13. The van der Waals surface area contributed by atoms with Gasteiger partial charge in [0.1, 0.15) is 6.04 Å². The maximum Gasteiger partial charge on any atom is 0.320 e. The van der Waals surface area contributed by atoms with Gasteiger partial charge in [0.05, 0.1) is 0 Å². The molecular formula is C20H42N2O2. The fourth-order valence-electron chi connectivity index (χ4n) is 3.26. The highest BCUT2D eigenvalue weighted by atomic mass is 16.4. The predicted octanol–water partition coefficient (Wildman–Crippen LogP) is 4.81. The molecule has 1 atom stereocenters. The first kappa shape index (κ1) is 23.4. The second-order valence-electron chi connectivity index (χ2n) is 7.00. The molecule has 0 bridgehead atoms. The van der Waals surface area contributed by atoms with Crippen LogP contribution >= 0.6 is 0 Å². The zero-order valence-electron chi connectivity index (χ0n) is 16.3. The lowest BCUT2D eigenvalue weighted by Crippen LogP contribution is -2.44. The van der Waals surface area contributed by atoms with E-state index in [1.807, 2.05) is 0 Å². The summed E-state index contributed by atoms with van der Waals surface area (Å²) >= 11 is 0. The van der Waals surface area contributed by atoms with Crippen molar-refractivity contribution in [1.82, 2.24) is 4.90 Å². The monoisotopic (exact) mass is 342 g/mol. The van der Waals surface area contributed by atoms with Gasteiger partial charge in [-0.1, -0.05) is 84.5 Å². The summed E-state index contributed by atoms with van der Waals surface area (Å²) in [6.07, 6.45) is 15.4. The highest BCUT2D eigenvalue weighted by Gasteiger charge is 2.24. The minimum atomic E-state index is -0.678. The molecule has 4 heteroatoms. The van der Waals surface area contributed by atoms with Gasteiger partial charge in [0.15, 0.2) is 0 Å². The largest absolute Gasteiger partial charge is 0.480 e. The summed E-state index contributed by atoms with van der Waals surface area (Å²) < 4.78 is 0. The molecule has 3 N–H and O–H groups in total. The molecule has 0 aromatic rings. The third kappa shape index (κ3) is 12.8. The number of aliphatic carboxylic acids is 1. The zero-order chi connectivity index (χ0) is 18.0. The molecule has 1 unspecified atom stereocenters. The molecule has 0 spiro atoms. The van der Waals surface area contributed by atoms with E-state index >= 15 is 0 Å². The van der Waals surface area contributed by atoms with E-state index in [1.54, 1.807) is 0 Å². The molecule has 0 aromatic heterocycles. The molecule has 0 fully saturated rings. The topological polar surface area (TPSA) is 66.6 Å². The number of carbonyl (C=O) groups is 1. The van der Waals surface area contributed by atoms with Crippen molar-refractivity contribution < 1.29 is 9.90 Å². The summed E-state index contributed by atoms with van der Waals surface area (Å²) in [5, 5.41) is 9.60. The maximum atomic E-state index is 11.7. The number of hydrogen-bond acceptors (Lipinski definition) is 3. The van der Waals surface area contributed by atoms with Crippen LogP contribution in [0.3, 0.4) is 0 Å². The predicted molar refractivity (Wildman–Crippen MR) is 103 cm³/mol. The van der Waals surface area contributed by atoms with Crippen molar-refractivity contribution in [3.8, 4) is 0 Å². The second kappa shape index (κ2) is 17.2.